The highest BCUT2D eigenvalue weighted by atomic mass is 32.1. The summed E-state index contributed by atoms with van der Waals surface area (Å²) >= 11 is 2.56. The van der Waals surface area contributed by atoms with Crippen LogP contribution in [0.1, 0.15) is 17.5 Å². The number of hydrogen-bond donors (Lipinski definition) is 1. The first-order valence-electron chi connectivity index (χ1n) is 7.86. The van der Waals surface area contributed by atoms with E-state index in [-0.39, 0.29) is 17.5 Å². The van der Waals surface area contributed by atoms with E-state index < -0.39 is 5.82 Å². The number of carbonyl (C=O) groups excluding carboxylic acids is 2. The number of benzene rings is 1. The Bertz CT molecular complexity index is 1010. The van der Waals surface area contributed by atoms with Gasteiger partial charge in [0.1, 0.15) is 5.82 Å². The van der Waals surface area contributed by atoms with Gasteiger partial charge in [0.2, 0.25) is 11.8 Å². The molecule has 0 aliphatic carbocycles. The predicted octanol–water partition coefficient (Wildman–Crippen LogP) is 4.38. The van der Waals surface area contributed by atoms with Gasteiger partial charge in [-0.1, -0.05) is 12.1 Å². The zero-order valence-corrected chi connectivity index (χ0v) is 16.1. The third-order valence-corrected chi connectivity index (χ3v) is 5.04. The number of anilines is 3. The molecule has 2 amide bonds. The van der Waals surface area contributed by atoms with Crippen molar-refractivity contribution in [3.05, 3.63) is 58.3 Å². The summed E-state index contributed by atoms with van der Waals surface area (Å²) in [5.41, 5.74) is 0.620. The number of halogens is 1. The molecule has 2 heterocycles. The largest absolute Gasteiger partial charge is 0.298 e. The van der Waals surface area contributed by atoms with Crippen LogP contribution in [0.5, 0.6) is 0 Å². The first-order valence-corrected chi connectivity index (χ1v) is 9.56. The van der Waals surface area contributed by atoms with Crippen molar-refractivity contribution in [2.75, 3.05) is 10.2 Å². The van der Waals surface area contributed by atoms with Crippen LogP contribution in [0.2, 0.25) is 0 Å². The van der Waals surface area contributed by atoms with Crippen LogP contribution in [0.3, 0.4) is 0 Å². The maximum atomic E-state index is 14.1. The number of thiazole rings is 2. The van der Waals surface area contributed by atoms with Crippen molar-refractivity contribution in [3.8, 4) is 0 Å². The first-order chi connectivity index (χ1) is 12.9. The minimum absolute atomic E-state index is 0.131. The Hall–Kier alpha value is -2.91. The fourth-order valence-electron chi connectivity index (χ4n) is 2.22. The van der Waals surface area contributed by atoms with E-state index in [9.17, 15) is 14.0 Å². The number of carbonyl (C=O) groups is 2. The predicted molar refractivity (Wildman–Crippen MR) is 106 cm³/mol. The quantitative estimate of drug-likeness (QED) is 0.643. The molecule has 0 saturated heterocycles. The van der Waals surface area contributed by atoms with E-state index in [1.807, 2.05) is 6.92 Å². The van der Waals surface area contributed by atoms with E-state index in [4.69, 9.17) is 0 Å². The Morgan fingerprint density at radius 1 is 1.30 bits per heavy atom. The minimum atomic E-state index is -0.516. The molecule has 0 atom stereocenters. The Morgan fingerprint density at radius 2 is 2.07 bits per heavy atom. The highest BCUT2D eigenvalue weighted by Gasteiger charge is 2.20. The van der Waals surface area contributed by atoms with Crippen LogP contribution >= 0.6 is 22.7 Å². The lowest BCUT2D eigenvalue weighted by Gasteiger charge is -2.18. The lowest BCUT2D eigenvalue weighted by atomic mass is 10.3. The van der Waals surface area contributed by atoms with E-state index in [2.05, 4.69) is 15.3 Å². The van der Waals surface area contributed by atoms with Crippen LogP contribution in [0.4, 0.5) is 20.3 Å². The second-order valence-electron chi connectivity index (χ2n) is 5.46. The third kappa shape index (κ3) is 4.63. The van der Waals surface area contributed by atoms with Crippen molar-refractivity contribution in [1.29, 1.82) is 0 Å². The monoisotopic (exact) mass is 402 g/mol. The van der Waals surface area contributed by atoms with Gasteiger partial charge in [-0.05, 0) is 25.1 Å². The Kier molecular flexibility index (Phi) is 5.72. The Morgan fingerprint density at radius 3 is 2.74 bits per heavy atom. The van der Waals surface area contributed by atoms with Gasteiger partial charge < -0.3 is 0 Å². The minimum Gasteiger partial charge on any atom is -0.298 e. The standard InChI is InChI=1S/C18H15FN4O2S2/c1-11-9-20-17(27-11)22-16(25)8-7-13-10-26-18(21-13)23(12(2)24)15-6-4-3-5-14(15)19/h3-10H,1-2H3,(H,20,22,25)/b8-7-. The van der Waals surface area contributed by atoms with Gasteiger partial charge in [0.25, 0.3) is 0 Å². The van der Waals surface area contributed by atoms with E-state index in [1.165, 1.54) is 58.8 Å². The van der Waals surface area contributed by atoms with Gasteiger partial charge in [-0.2, -0.15) is 0 Å². The van der Waals surface area contributed by atoms with Gasteiger partial charge in [0, 0.05) is 29.5 Å². The fraction of sp³-hybridized carbons (Fsp3) is 0.111. The van der Waals surface area contributed by atoms with Gasteiger partial charge in [0.05, 0.1) is 11.4 Å². The summed E-state index contributed by atoms with van der Waals surface area (Å²) in [4.78, 5) is 34.5. The molecule has 2 aromatic heterocycles. The second-order valence-corrected chi connectivity index (χ2v) is 7.53. The van der Waals surface area contributed by atoms with Crippen molar-refractivity contribution >= 4 is 56.5 Å². The highest BCUT2D eigenvalue weighted by molar-refractivity contribution is 7.15. The molecule has 1 N–H and O–H groups in total. The molecule has 0 aliphatic heterocycles. The number of aryl methyl sites for hydroxylation is 1. The highest BCUT2D eigenvalue weighted by Crippen LogP contribution is 2.31. The average Bonchev–Trinajstić information content (AvgIpc) is 3.24. The summed E-state index contributed by atoms with van der Waals surface area (Å²) in [7, 11) is 0. The van der Waals surface area contributed by atoms with Crippen molar-refractivity contribution in [3.63, 3.8) is 0 Å². The number of nitrogens with zero attached hydrogens (tertiary/aromatic N) is 3. The number of hydrogen-bond acceptors (Lipinski definition) is 6. The van der Waals surface area contributed by atoms with E-state index in [1.54, 1.807) is 23.7 Å². The molecule has 9 heteroatoms. The maximum Gasteiger partial charge on any atom is 0.250 e. The van der Waals surface area contributed by atoms with Gasteiger partial charge >= 0.3 is 0 Å². The van der Waals surface area contributed by atoms with E-state index >= 15 is 0 Å². The van der Waals surface area contributed by atoms with Crippen LogP contribution in [0, 0.1) is 12.7 Å². The molecule has 27 heavy (non-hydrogen) atoms. The molecule has 1 aromatic carbocycles. The van der Waals surface area contributed by atoms with Crippen LogP contribution in [0.25, 0.3) is 6.08 Å². The van der Waals surface area contributed by atoms with Gasteiger partial charge in [0.15, 0.2) is 10.3 Å². The summed E-state index contributed by atoms with van der Waals surface area (Å²) in [6, 6.07) is 5.99. The number of aromatic nitrogens is 2. The van der Waals surface area contributed by atoms with Crippen molar-refractivity contribution < 1.29 is 14.0 Å². The van der Waals surface area contributed by atoms with Crippen molar-refractivity contribution in [2.45, 2.75) is 13.8 Å². The molecular formula is C18H15FN4O2S2. The number of nitrogens with one attached hydrogen (secondary N) is 1. The smallest absolute Gasteiger partial charge is 0.250 e. The molecule has 3 rings (SSSR count). The van der Waals surface area contributed by atoms with E-state index in [0.717, 1.165) is 4.88 Å². The summed E-state index contributed by atoms with van der Waals surface area (Å²) in [6.07, 6.45) is 4.53. The Labute approximate surface area is 163 Å². The van der Waals surface area contributed by atoms with E-state index in [0.29, 0.717) is 16.0 Å². The molecule has 0 spiro atoms. The lowest BCUT2D eigenvalue weighted by molar-refractivity contribution is -0.116. The SMILES string of the molecule is CC(=O)N(c1nc(/C=C\C(=O)Nc2ncc(C)s2)cs1)c1ccccc1F. The maximum absolute atomic E-state index is 14.1. The summed E-state index contributed by atoms with van der Waals surface area (Å²) in [5, 5.41) is 5.18. The molecule has 0 radical (unpaired) electrons. The Balaban J connectivity index is 1.75. The van der Waals surface area contributed by atoms with Crippen LogP contribution in [0.15, 0.2) is 41.9 Å². The zero-order valence-electron chi connectivity index (χ0n) is 14.5. The summed E-state index contributed by atoms with van der Waals surface area (Å²) in [6.45, 7) is 3.24. The molecule has 6 nitrogen and oxygen atoms in total. The molecule has 138 valence electrons. The molecular weight excluding hydrogens is 387 g/mol. The third-order valence-electron chi connectivity index (χ3n) is 3.37. The molecule has 0 fully saturated rings. The fourth-order valence-corrected chi connectivity index (χ4v) is 3.73. The molecule has 0 unspecified atom stereocenters. The topological polar surface area (TPSA) is 75.2 Å². The van der Waals surface area contributed by atoms with Gasteiger partial charge in [-0.3, -0.25) is 19.8 Å². The van der Waals surface area contributed by atoms with Crippen LogP contribution < -0.4 is 10.2 Å². The van der Waals surface area contributed by atoms with Crippen LogP contribution in [-0.4, -0.2) is 21.8 Å². The van der Waals surface area contributed by atoms with Crippen molar-refractivity contribution in [1.82, 2.24) is 9.97 Å². The number of rotatable bonds is 5. The molecule has 0 bridgehead atoms. The van der Waals surface area contributed by atoms with Gasteiger partial charge in [-0.15, -0.1) is 22.7 Å². The first kappa shape index (κ1) is 18.9. The van der Waals surface area contributed by atoms with Crippen molar-refractivity contribution in [2.24, 2.45) is 0 Å². The number of amides is 2. The zero-order chi connectivity index (χ0) is 19.4. The lowest BCUT2D eigenvalue weighted by Crippen LogP contribution is -2.23. The molecule has 3 aromatic rings. The molecule has 0 aliphatic rings. The van der Waals surface area contributed by atoms with Crippen LogP contribution in [-0.2, 0) is 9.59 Å². The average molecular weight is 402 g/mol. The summed E-state index contributed by atoms with van der Waals surface area (Å²) in [5.74, 6) is -1.21. The van der Waals surface area contributed by atoms with Gasteiger partial charge in [-0.25, -0.2) is 14.4 Å². The second kappa shape index (κ2) is 8.19. The number of para-hydroxylation sites is 1. The normalized spacial score (nSPS) is 10.9. The summed E-state index contributed by atoms with van der Waals surface area (Å²) < 4.78 is 14.1. The molecule has 0 saturated carbocycles.